The van der Waals surface area contributed by atoms with E-state index in [0.29, 0.717) is 18.8 Å². The number of aromatic nitrogens is 3. The minimum absolute atomic E-state index is 0. The summed E-state index contributed by atoms with van der Waals surface area (Å²) >= 11 is 0. The number of amides is 1. The number of H-pyrrole nitrogens is 2. The number of benzene rings is 1. The summed E-state index contributed by atoms with van der Waals surface area (Å²) < 4.78 is 0. The standard InChI is InChI=1S/C18H21N5O.ClH/c1-10-11(2)21-15-4-3-12(7-13(10)15)8-20-18(24)17-14-9-19-6-5-16(14)22-23-17;/h3-4,7,19,21H,5-6,8-9H2,1-2H3,(H,20,24)(H,22,23);1H. The highest BCUT2D eigenvalue weighted by molar-refractivity contribution is 5.94. The number of nitrogens with zero attached hydrogens (tertiary/aromatic N) is 1. The van der Waals surface area contributed by atoms with E-state index in [2.05, 4.69) is 51.8 Å². The number of aryl methyl sites for hydroxylation is 2. The number of nitrogens with one attached hydrogen (secondary N) is 4. The van der Waals surface area contributed by atoms with Crippen LogP contribution in [0.1, 0.15) is 38.6 Å². The van der Waals surface area contributed by atoms with Gasteiger partial charge < -0.3 is 15.6 Å². The molecule has 132 valence electrons. The van der Waals surface area contributed by atoms with E-state index in [0.717, 1.165) is 35.3 Å². The van der Waals surface area contributed by atoms with Crippen molar-refractivity contribution in [2.75, 3.05) is 6.54 Å². The van der Waals surface area contributed by atoms with Crippen molar-refractivity contribution < 1.29 is 4.79 Å². The van der Waals surface area contributed by atoms with Gasteiger partial charge in [0.2, 0.25) is 0 Å². The van der Waals surface area contributed by atoms with Gasteiger partial charge in [0, 0.05) is 53.9 Å². The normalized spacial score (nSPS) is 13.4. The molecular formula is C18H22ClN5O. The molecule has 0 spiro atoms. The zero-order valence-corrected chi connectivity index (χ0v) is 15.1. The van der Waals surface area contributed by atoms with E-state index in [-0.39, 0.29) is 18.3 Å². The molecule has 0 unspecified atom stereocenters. The van der Waals surface area contributed by atoms with Crippen LogP contribution in [-0.4, -0.2) is 27.6 Å². The van der Waals surface area contributed by atoms with Gasteiger partial charge in [-0.2, -0.15) is 5.10 Å². The molecule has 4 rings (SSSR count). The minimum Gasteiger partial charge on any atom is -0.358 e. The number of fused-ring (bicyclic) bond motifs is 2. The van der Waals surface area contributed by atoms with E-state index >= 15 is 0 Å². The van der Waals surface area contributed by atoms with Crippen molar-refractivity contribution in [3.05, 3.63) is 52.0 Å². The number of carbonyl (C=O) groups excluding carboxylic acids is 1. The Hall–Kier alpha value is -2.31. The molecule has 0 fully saturated rings. The molecule has 0 aliphatic carbocycles. The van der Waals surface area contributed by atoms with Crippen molar-refractivity contribution >= 4 is 29.2 Å². The second-order valence-corrected chi connectivity index (χ2v) is 6.39. The highest BCUT2D eigenvalue weighted by Crippen LogP contribution is 2.22. The van der Waals surface area contributed by atoms with E-state index in [9.17, 15) is 4.79 Å². The van der Waals surface area contributed by atoms with Crippen LogP contribution >= 0.6 is 12.4 Å². The van der Waals surface area contributed by atoms with Crippen molar-refractivity contribution in [3.8, 4) is 0 Å². The number of aromatic amines is 2. The topological polar surface area (TPSA) is 85.6 Å². The lowest BCUT2D eigenvalue weighted by Crippen LogP contribution is -2.28. The molecule has 3 heterocycles. The van der Waals surface area contributed by atoms with Crippen LogP contribution < -0.4 is 10.6 Å². The van der Waals surface area contributed by atoms with Gasteiger partial charge in [-0.15, -0.1) is 12.4 Å². The van der Waals surface area contributed by atoms with Crippen LogP contribution in [0.5, 0.6) is 0 Å². The quantitative estimate of drug-likeness (QED) is 0.579. The Kier molecular flexibility index (Phi) is 4.83. The molecule has 4 N–H and O–H groups in total. The van der Waals surface area contributed by atoms with Crippen molar-refractivity contribution in [3.63, 3.8) is 0 Å². The maximum Gasteiger partial charge on any atom is 0.272 e. The Morgan fingerprint density at radius 2 is 2.16 bits per heavy atom. The van der Waals surface area contributed by atoms with Crippen molar-refractivity contribution in [2.24, 2.45) is 0 Å². The molecule has 0 saturated carbocycles. The van der Waals surface area contributed by atoms with Crippen molar-refractivity contribution in [1.82, 2.24) is 25.8 Å². The number of halogens is 1. The van der Waals surface area contributed by atoms with Gasteiger partial charge in [0.05, 0.1) is 0 Å². The van der Waals surface area contributed by atoms with Crippen molar-refractivity contribution in [2.45, 2.75) is 33.4 Å². The fourth-order valence-corrected chi connectivity index (χ4v) is 3.30. The smallest absolute Gasteiger partial charge is 0.272 e. The van der Waals surface area contributed by atoms with Crippen LogP contribution in [0.2, 0.25) is 0 Å². The van der Waals surface area contributed by atoms with Crippen LogP contribution in [0.4, 0.5) is 0 Å². The molecule has 2 aromatic heterocycles. The molecule has 1 aromatic carbocycles. The van der Waals surface area contributed by atoms with Gasteiger partial charge in [0.15, 0.2) is 5.69 Å². The van der Waals surface area contributed by atoms with Gasteiger partial charge >= 0.3 is 0 Å². The Balaban J connectivity index is 0.00000182. The molecule has 0 radical (unpaired) electrons. The molecule has 0 saturated heterocycles. The van der Waals surface area contributed by atoms with Crippen LogP contribution in [0.3, 0.4) is 0 Å². The summed E-state index contributed by atoms with van der Waals surface area (Å²) in [7, 11) is 0. The van der Waals surface area contributed by atoms with Crippen LogP contribution in [0.25, 0.3) is 10.9 Å². The van der Waals surface area contributed by atoms with E-state index in [1.807, 2.05) is 6.07 Å². The van der Waals surface area contributed by atoms with Gasteiger partial charge in [-0.25, -0.2) is 0 Å². The Morgan fingerprint density at radius 3 is 3.00 bits per heavy atom. The molecule has 1 amide bonds. The van der Waals surface area contributed by atoms with Gasteiger partial charge in [0.25, 0.3) is 5.91 Å². The summed E-state index contributed by atoms with van der Waals surface area (Å²) in [6.07, 6.45) is 0.887. The SMILES string of the molecule is Cc1[nH]c2ccc(CNC(=O)c3n[nH]c4c3CNCC4)cc2c1C.Cl. The fourth-order valence-electron chi connectivity index (χ4n) is 3.30. The molecule has 25 heavy (non-hydrogen) atoms. The van der Waals surface area contributed by atoms with Crippen LogP contribution in [-0.2, 0) is 19.5 Å². The molecule has 0 atom stereocenters. The predicted molar refractivity (Wildman–Crippen MR) is 100 cm³/mol. The zero-order chi connectivity index (χ0) is 16.7. The van der Waals surface area contributed by atoms with E-state index < -0.39 is 0 Å². The Morgan fingerprint density at radius 1 is 1.32 bits per heavy atom. The molecule has 3 aromatic rings. The van der Waals surface area contributed by atoms with E-state index in [4.69, 9.17) is 0 Å². The summed E-state index contributed by atoms with van der Waals surface area (Å²) in [6.45, 7) is 6.30. The minimum atomic E-state index is -0.127. The monoisotopic (exact) mass is 359 g/mol. The lowest BCUT2D eigenvalue weighted by Gasteiger charge is -2.12. The third-order valence-electron chi connectivity index (χ3n) is 4.85. The third-order valence-corrected chi connectivity index (χ3v) is 4.85. The molecule has 6 nitrogen and oxygen atoms in total. The Bertz CT molecular complexity index is 927. The fraction of sp³-hybridized carbons (Fsp3) is 0.333. The average molecular weight is 360 g/mol. The second kappa shape index (κ2) is 6.90. The number of carbonyl (C=O) groups is 1. The van der Waals surface area contributed by atoms with Crippen LogP contribution in [0, 0.1) is 13.8 Å². The van der Waals surface area contributed by atoms with E-state index in [1.165, 1.54) is 16.6 Å². The summed E-state index contributed by atoms with van der Waals surface area (Å²) in [5, 5.41) is 14.7. The number of hydrogen-bond donors (Lipinski definition) is 4. The lowest BCUT2D eigenvalue weighted by molar-refractivity contribution is 0.0944. The highest BCUT2D eigenvalue weighted by Gasteiger charge is 2.21. The summed E-state index contributed by atoms with van der Waals surface area (Å²) in [5.74, 6) is -0.127. The average Bonchev–Trinajstić information content (AvgIpc) is 3.15. The first kappa shape index (κ1) is 17.5. The van der Waals surface area contributed by atoms with Crippen LogP contribution in [0.15, 0.2) is 18.2 Å². The molecule has 0 bridgehead atoms. The third kappa shape index (κ3) is 3.15. The van der Waals surface area contributed by atoms with Gasteiger partial charge in [-0.05, 0) is 37.1 Å². The number of rotatable bonds is 3. The van der Waals surface area contributed by atoms with Gasteiger partial charge in [0.1, 0.15) is 0 Å². The van der Waals surface area contributed by atoms with Gasteiger partial charge in [-0.1, -0.05) is 6.07 Å². The zero-order valence-electron chi connectivity index (χ0n) is 14.3. The lowest BCUT2D eigenvalue weighted by atomic mass is 10.1. The summed E-state index contributed by atoms with van der Waals surface area (Å²) in [5.41, 5.74) is 7.22. The first-order valence-corrected chi connectivity index (χ1v) is 8.26. The summed E-state index contributed by atoms with van der Waals surface area (Å²) in [6, 6.07) is 6.24. The summed E-state index contributed by atoms with van der Waals surface area (Å²) in [4.78, 5) is 15.8. The molecule has 1 aliphatic heterocycles. The molecular weight excluding hydrogens is 338 g/mol. The first-order chi connectivity index (χ1) is 11.6. The van der Waals surface area contributed by atoms with E-state index in [1.54, 1.807) is 0 Å². The highest BCUT2D eigenvalue weighted by atomic mass is 35.5. The predicted octanol–water partition coefficient (Wildman–Crippen LogP) is 2.51. The Labute approximate surface area is 152 Å². The molecule has 7 heteroatoms. The first-order valence-electron chi connectivity index (χ1n) is 8.26. The second-order valence-electron chi connectivity index (χ2n) is 6.39. The largest absolute Gasteiger partial charge is 0.358 e. The van der Waals surface area contributed by atoms with Gasteiger partial charge in [-0.3, -0.25) is 9.89 Å². The maximum atomic E-state index is 12.5. The number of hydrogen-bond acceptors (Lipinski definition) is 3. The van der Waals surface area contributed by atoms with Crippen molar-refractivity contribution in [1.29, 1.82) is 0 Å². The maximum absolute atomic E-state index is 12.5. The molecule has 1 aliphatic rings.